The van der Waals surface area contributed by atoms with Crippen LogP contribution in [0.5, 0.6) is 0 Å². The van der Waals surface area contributed by atoms with E-state index < -0.39 is 6.04 Å². The van der Waals surface area contributed by atoms with Crippen LogP contribution in [0, 0.1) is 0 Å². The molecule has 3 amide bonds. The zero-order valence-electron chi connectivity index (χ0n) is 14.1. The fourth-order valence-corrected chi connectivity index (χ4v) is 2.67. The molecule has 1 fully saturated rings. The van der Waals surface area contributed by atoms with E-state index in [-0.39, 0.29) is 24.3 Å². The van der Waals surface area contributed by atoms with Gasteiger partial charge in [0.1, 0.15) is 6.04 Å². The number of aryl methyl sites for hydroxylation is 1. The molecule has 130 valence electrons. The molecule has 0 radical (unpaired) electrons. The van der Waals surface area contributed by atoms with Crippen LogP contribution in [0.2, 0.25) is 0 Å². The minimum absolute atomic E-state index is 0.0886. The predicted molar refractivity (Wildman–Crippen MR) is 89.2 cm³/mol. The van der Waals surface area contributed by atoms with Crippen LogP contribution in [-0.4, -0.2) is 58.1 Å². The van der Waals surface area contributed by atoms with Crippen molar-refractivity contribution >= 4 is 23.5 Å². The number of aromatic nitrogens is 2. The Morgan fingerprint density at radius 1 is 1.54 bits per heavy atom. The Morgan fingerprint density at radius 2 is 2.29 bits per heavy atom. The van der Waals surface area contributed by atoms with E-state index in [1.807, 2.05) is 0 Å². The van der Waals surface area contributed by atoms with Crippen molar-refractivity contribution in [1.29, 1.82) is 0 Å². The monoisotopic (exact) mass is 333 g/mol. The molecule has 1 aromatic heterocycles. The molecule has 0 aromatic carbocycles. The summed E-state index contributed by atoms with van der Waals surface area (Å²) in [6.07, 6.45) is 4.29. The highest BCUT2D eigenvalue weighted by molar-refractivity contribution is 5.99. The van der Waals surface area contributed by atoms with E-state index in [1.54, 1.807) is 35.8 Å². The van der Waals surface area contributed by atoms with Crippen molar-refractivity contribution in [2.45, 2.75) is 25.8 Å². The van der Waals surface area contributed by atoms with Gasteiger partial charge in [-0.05, 0) is 25.8 Å². The zero-order chi connectivity index (χ0) is 17.7. The van der Waals surface area contributed by atoms with Gasteiger partial charge in [-0.3, -0.25) is 24.0 Å². The highest BCUT2D eigenvalue weighted by atomic mass is 16.2. The molecule has 2 rings (SSSR count). The Bertz CT molecular complexity index is 639. The number of rotatable bonds is 6. The minimum Gasteiger partial charge on any atom is -0.343 e. The van der Waals surface area contributed by atoms with Crippen LogP contribution in [0.15, 0.2) is 24.9 Å². The van der Waals surface area contributed by atoms with Crippen molar-refractivity contribution in [3.05, 3.63) is 24.9 Å². The molecule has 0 spiro atoms. The predicted octanol–water partition coefficient (Wildman–Crippen LogP) is 0.0662. The summed E-state index contributed by atoms with van der Waals surface area (Å²) in [5.74, 6) is -0.254. The molecule has 0 saturated carbocycles. The van der Waals surface area contributed by atoms with E-state index in [0.717, 1.165) is 6.42 Å². The summed E-state index contributed by atoms with van der Waals surface area (Å²) < 4.78 is 1.63. The molecule has 1 aliphatic heterocycles. The Labute approximate surface area is 141 Å². The number of nitrogens with one attached hydrogen (secondary N) is 1. The van der Waals surface area contributed by atoms with Gasteiger partial charge in [0.05, 0.1) is 6.54 Å². The molecule has 1 aliphatic rings. The Morgan fingerprint density at radius 3 is 2.88 bits per heavy atom. The maximum atomic E-state index is 12.6. The number of likely N-dealkylation sites (N-methyl/N-ethyl adjacent to an activating group) is 1. The second-order valence-corrected chi connectivity index (χ2v) is 5.66. The van der Waals surface area contributed by atoms with Crippen molar-refractivity contribution in [1.82, 2.24) is 20.0 Å². The van der Waals surface area contributed by atoms with Gasteiger partial charge < -0.3 is 10.2 Å². The summed E-state index contributed by atoms with van der Waals surface area (Å²) in [5, 5.41) is 6.97. The molecule has 1 N–H and O–H groups in total. The van der Waals surface area contributed by atoms with Gasteiger partial charge in [-0.1, -0.05) is 6.58 Å². The molecule has 1 saturated heterocycles. The molecule has 24 heavy (non-hydrogen) atoms. The second kappa shape index (κ2) is 7.76. The van der Waals surface area contributed by atoms with E-state index in [2.05, 4.69) is 17.0 Å². The molecule has 1 atom stereocenters. The zero-order valence-corrected chi connectivity index (χ0v) is 14.1. The van der Waals surface area contributed by atoms with Crippen LogP contribution < -0.4 is 10.2 Å². The third-order valence-electron chi connectivity index (χ3n) is 3.95. The lowest BCUT2D eigenvalue weighted by Crippen LogP contribution is -2.54. The number of hydrogen-bond donors (Lipinski definition) is 1. The lowest BCUT2D eigenvalue weighted by molar-refractivity contribution is -0.133. The first-order chi connectivity index (χ1) is 11.5. The number of anilines is 1. The number of amides is 3. The van der Waals surface area contributed by atoms with Gasteiger partial charge in [0.15, 0.2) is 5.82 Å². The Hall–Kier alpha value is -2.64. The van der Waals surface area contributed by atoms with Gasteiger partial charge in [0.25, 0.3) is 5.91 Å². The average molecular weight is 333 g/mol. The van der Waals surface area contributed by atoms with Crippen LogP contribution >= 0.6 is 0 Å². The van der Waals surface area contributed by atoms with Crippen LogP contribution in [0.25, 0.3) is 0 Å². The van der Waals surface area contributed by atoms with Crippen molar-refractivity contribution in [2.24, 2.45) is 7.05 Å². The lowest BCUT2D eigenvalue weighted by Gasteiger charge is -2.31. The van der Waals surface area contributed by atoms with Crippen molar-refractivity contribution in [3.63, 3.8) is 0 Å². The van der Waals surface area contributed by atoms with E-state index in [9.17, 15) is 14.4 Å². The molecule has 0 aliphatic carbocycles. The Balaban J connectivity index is 1.98. The van der Waals surface area contributed by atoms with Gasteiger partial charge >= 0.3 is 0 Å². The van der Waals surface area contributed by atoms with Gasteiger partial charge in [0, 0.05) is 32.4 Å². The molecular formula is C16H23N5O3. The fraction of sp³-hybridized carbons (Fsp3) is 0.500. The van der Waals surface area contributed by atoms with Crippen molar-refractivity contribution < 1.29 is 14.4 Å². The number of piperidine rings is 1. The van der Waals surface area contributed by atoms with Gasteiger partial charge in [-0.15, -0.1) is 0 Å². The van der Waals surface area contributed by atoms with Crippen LogP contribution in [0.3, 0.4) is 0 Å². The normalized spacial score (nSPS) is 17.5. The van der Waals surface area contributed by atoms with Gasteiger partial charge in [-0.2, -0.15) is 5.10 Å². The molecule has 1 aromatic rings. The molecule has 0 bridgehead atoms. The summed E-state index contributed by atoms with van der Waals surface area (Å²) in [5.41, 5.74) is 0. The first-order valence-electron chi connectivity index (χ1n) is 7.98. The maximum Gasteiger partial charge on any atom is 0.250 e. The average Bonchev–Trinajstić information content (AvgIpc) is 3.00. The highest BCUT2D eigenvalue weighted by Crippen LogP contribution is 2.19. The van der Waals surface area contributed by atoms with Crippen LogP contribution in [-0.2, 0) is 21.4 Å². The fourth-order valence-electron chi connectivity index (χ4n) is 2.67. The Kier molecular flexibility index (Phi) is 5.73. The van der Waals surface area contributed by atoms with Gasteiger partial charge in [-0.25, -0.2) is 0 Å². The van der Waals surface area contributed by atoms with E-state index >= 15 is 0 Å². The number of nitrogens with zero attached hydrogens (tertiary/aromatic N) is 4. The molecule has 8 heteroatoms. The summed E-state index contributed by atoms with van der Waals surface area (Å²) in [6, 6.07) is 1.18. The first kappa shape index (κ1) is 17.7. The number of carbonyl (C=O) groups excluding carboxylic acids is 3. The van der Waals surface area contributed by atoms with E-state index in [0.29, 0.717) is 25.3 Å². The lowest BCUT2D eigenvalue weighted by atomic mass is 10.0. The van der Waals surface area contributed by atoms with Crippen LogP contribution in [0.1, 0.15) is 19.8 Å². The number of carbonyl (C=O) groups is 3. The molecule has 8 nitrogen and oxygen atoms in total. The highest BCUT2D eigenvalue weighted by Gasteiger charge is 2.32. The third-order valence-corrected chi connectivity index (χ3v) is 3.95. The number of hydrogen-bond acceptors (Lipinski definition) is 4. The third kappa shape index (κ3) is 4.01. The summed E-state index contributed by atoms with van der Waals surface area (Å²) in [4.78, 5) is 39.3. The van der Waals surface area contributed by atoms with E-state index in [1.165, 1.54) is 11.0 Å². The largest absolute Gasteiger partial charge is 0.343 e. The van der Waals surface area contributed by atoms with Crippen molar-refractivity contribution in [3.8, 4) is 0 Å². The maximum absolute atomic E-state index is 12.6. The SMILES string of the molecule is C=CC(=O)N(CC)CC(=O)NC1CCCN(c2ccn(C)n2)C1=O. The standard InChI is InChI=1S/C16H23N5O3/c1-4-15(23)20(5-2)11-14(22)17-12-7-6-9-21(16(12)24)13-8-10-19(3)18-13/h4,8,10,12H,1,5-7,9,11H2,2-3H3,(H,17,22). The quantitative estimate of drug-likeness (QED) is 0.746. The molecule has 1 unspecified atom stereocenters. The van der Waals surface area contributed by atoms with Gasteiger partial charge in [0.2, 0.25) is 11.8 Å². The smallest absolute Gasteiger partial charge is 0.250 e. The minimum atomic E-state index is -0.592. The molecule has 2 heterocycles. The summed E-state index contributed by atoms with van der Waals surface area (Å²) >= 11 is 0. The summed E-state index contributed by atoms with van der Waals surface area (Å²) in [7, 11) is 1.78. The topological polar surface area (TPSA) is 87.5 Å². The van der Waals surface area contributed by atoms with E-state index in [4.69, 9.17) is 0 Å². The van der Waals surface area contributed by atoms with Crippen LogP contribution in [0.4, 0.5) is 5.82 Å². The van der Waals surface area contributed by atoms with Crippen molar-refractivity contribution in [2.75, 3.05) is 24.5 Å². The summed E-state index contributed by atoms with van der Waals surface area (Å²) in [6.45, 7) is 6.09. The first-order valence-corrected chi connectivity index (χ1v) is 7.98. The molecular weight excluding hydrogens is 310 g/mol. The second-order valence-electron chi connectivity index (χ2n) is 5.66.